The van der Waals surface area contributed by atoms with Crippen molar-refractivity contribution in [3.8, 4) is 0 Å². The molecule has 18 heavy (non-hydrogen) atoms. The van der Waals surface area contributed by atoms with E-state index in [0.717, 1.165) is 13.0 Å². The van der Waals surface area contributed by atoms with Crippen LogP contribution in [0.15, 0.2) is 24.3 Å². The first-order chi connectivity index (χ1) is 8.70. The molecule has 0 aromatic heterocycles. The van der Waals surface area contributed by atoms with Gasteiger partial charge < -0.3 is 9.84 Å². The van der Waals surface area contributed by atoms with Gasteiger partial charge in [-0.2, -0.15) is 0 Å². The van der Waals surface area contributed by atoms with Crippen LogP contribution in [0, 0.1) is 0 Å². The molecular weight excluding hydrogens is 230 g/mol. The zero-order valence-electron chi connectivity index (χ0n) is 10.6. The lowest BCUT2D eigenvalue weighted by Crippen LogP contribution is -2.38. The predicted molar refractivity (Wildman–Crippen MR) is 68.8 cm³/mol. The van der Waals surface area contributed by atoms with Gasteiger partial charge in [-0.25, -0.2) is 0 Å². The van der Waals surface area contributed by atoms with Gasteiger partial charge in [0.1, 0.15) is 0 Å². The molecule has 1 unspecified atom stereocenters. The second-order valence-corrected chi connectivity index (χ2v) is 4.72. The Morgan fingerprint density at radius 1 is 1.50 bits per heavy atom. The zero-order chi connectivity index (χ0) is 13.0. The summed E-state index contributed by atoms with van der Waals surface area (Å²) in [6, 6.07) is 8.37. The van der Waals surface area contributed by atoms with Gasteiger partial charge in [-0.15, -0.1) is 0 Å². The van der Waals surface area contributed by atoms with Gasteiger partial charge in [-0.3, -0.25) is 9.69 Å². The van der Waals surface area contributed by atoms with E-state index >= 15 is 0 Å². The van der Waals surface area contributed by atoms with E-state index in [0.29, 0.717) is 19.1 Å². The van der Waals surface area contributed by atoms with E-state index in [1.807, 2.05) is 11.0 Å². The lowest BCUT2D eigenvalue weighted by molar-refractivity contribution is -0.138. The van der Waals surface area contributed by atoms with Gasteiger partial charge in [0.05, 0.1) is 13.2 Å². The summed E-state index contributed by atoms with van der Waals surface area (Å²) in [6.45, 7) is 2.12. The highest BCUT2D eigenvalue weighted by Crippen LogP contribution is 2.35. The summed E-state index contributed by atoms with van der Waals surface area (Å²) >= 11 is 0. The number of hydrogen-bond acceptors (Lipinski definition) is 3. The standard InChI is InChI=1S/C14H19NO3/c1-18-7-6-15(10-14(16)17)9-12-8-11-4-2-3-5-13(11)12/h2-5,12H,6-10H2,1H3,(H,16,17). The Hall–Kier alpha value is -1.39. The molecule has 1 atom stereocenters. The fraction of sp³-hybridized carbons (Fsp3) is 0.500. The number of carboxylic acids is 1. The molecule has 0 spiro atoms. The van der Waals surface area contributed by atoms with Crippen molar-refractivity contribution in [2.75, 3.05) is 33.4 Å². The number of fused-ring (bicyclic) bond motifs is 1. The first-order valence-corrected chi connectivity index (χ1v) is 6.21. The molecule has 1 aliphatic rings. The number of methoxy groups -OCH3 is 1. The highest BCUT2D eigenvalue weighted by molar-refractivity contribution is 5.69. The molecule has 0 bridgehead atoms. The first-order valence-electron chi connectivity index (χ1n) is 6.21. The number of ether oxygens (including phenoxy) is 1. The van der Waals surface area contributed by atoms with E-state index in [-0.39, 0.29) is 6.54 Å². The summed E-state index contributed by atoms with van der Waals surface area (Å²) in [5, 5.41) is 8.90. The van der Waals surface area contributed by atoms with Crippen molar-refractivity contribution < 1.29 is 14.6 Å². The molecule has 0 amide bonds. The Morgan fingerprint density at radius 3 is 2.94 bits per heavy atom. The van der Waals surface area contributed by atoms with Crippen LogP contribution in [-0.4, -0.2) is 49.3 Å². The van der Waals surface area contributed by atoms with Gasteiger partial charge in [0, 0.05) is 26.1 Å². The molecule has 0 aliphatic heterocycles. The maximum atomic E-state index is 10.8. The van der Waals surface area contributed by atoms with Crippen molar-refractivity contribution in [3.63, 3.8) is 0 Å². The number of hydrogen-bond donors (Lipinski definition) is 1. The van der Waals surface area contributed by atoms with E-state index in [2.05, 4.69) is 18.2 Å². The van der Waals surface area contributed by atoms with E-state index in [1.54, 1.807) is 7.11 Å². The van der Waals surface area contributed by atoms with Gasteiger partial charge in [0.15, 0.2) is 0 Å². The monoisotopic (exact) mass is 249 g/mol. The molecule has 0 saturated heterocycles. The van der Waals surface area contributed by atoms with Crippen molar-refractivity contribution in [3.05, 3.63) is 35.4 Å². The Balaban J connectivity index is 1.92. The predicted octanol–water partition coefficient (Wildman–Crippen LogP) is 1.36. The van der Waals surface area contributed by atoms with Gasteiger partial charge in [-0.1, -0.05) is 24.3 Å². The van der Waals surface area contributed by atoms with E-state index in [1.165, 1.54) is 11.1 Å². The Kier molecular flexibility index (Phi) is 4.33. The number of aliphatic carboxylic acids is 1. The second kappa shape index (κ2) is 5.98. The summed E-state index contributed by atoms with van der Waals surface area (Å²) in [7, 11) is 1.64. The zero-order valence-corrected chi connectivity index (χ0v) is 10.6. The maximum Gasteiger partial charge on any atom is 0.317 e. The van der Waals surface area contributed by atoms with Crippen molar-refractivity contribution in [2.24, 2.45) is 0 Å². The average Bonchev–Trinajstić information content (AvgIpc) is 2.32. The lowest BCUT2D eigenvalue weighted by Gasteiger charge is -2.34. The summed E-state index contributed by atoms with van der Waals surface area (Å²) in [5.41, 5.74) is 2.76. The molecule has 0 saturated carbocycles. The van der Waals surface area contributed by atoms with Crippen LogP contribution < -0.4 is 0 Å². The maximum absolute atomic E-state index is 10.8. The first kappa shape index (κ1) is 13.1. The Labute approximate surface area is 107 Å². The quantitative estimate of drug-likeness (QED) is 0.792. The Bertz CT molecular complexity index is 419. The molecule has 1 aromatic carbocycles. The number of carboxylic acid groups (broad SMARTS) is 1. The number of rotatable bonds is 7. The van der Waals surface area contributed by atoms with Crippen LogP contribution in [0.3, 0.4) is 0 Å². The van der Waals surface area contributed by atoms with Crippen LogP contribution in [0.2, 0.25) is 0 Å². The van der Waals surface area contributed by atoms with Gasteiger partial charge in [0.25, 0.3) is 0 Å². The van der Waals surface area contributed by atoms with Crippen LogP contribution in [0.25, 0.3) is 0 Å². The molecule has 0 radical (unpaired) electrons. The third-order valence-electron chi connectivity index (χ3n) is 3.41. The Morgan fingerprint density at radius 2 is 2.28 bits per heavy atom. The summed E-state index contributed by atoms with van der Waals surface area (Å²) in [6.07, 6.45) is 1.05. The SMILES string of the molecule is COCCN(CC(=O)O)CC1Cc2ccccc21. The average molecular weight is 249 g/mol. The smallest absolute Gasteiger partial charge is 0.317 e. The molecule has 4 nitrogen and oxygen atoms in total. The third kappa shape index (κ3) is 3.09. The van der Waals surface area contributed by atoms with Crippen molar-refractivity contribution in [2.45, 2.75) is 12.3 Å². The van der Waals surface area contributed by atoms with E-state index < -0.39 is 5.97 Å². The summed E-state index contributed by atoms with van der Waals surface area (Å²) in [4.78, 5) is 12.8. The number of carbonyl (C=O) groups is 1. The highest BCUT2D eigenvalue weighted by atomic mass is 16.5. The molecule has 0 fully saturated rings. The van der Waals surface area contributed by atoms with E-state index in [4.69, 9.17) is 9.84 Å². The van der Waals surface area contributed by atoms with Crippen LogP contribution in [0.4, 0.5) is 0 Å². The molecule has 2 rings (SSSR count). The van der Waals surface area contributed by atoms with Crippen molar-refractivity contribution >= 4 is 5.97 Å². The van der Waals surface area contributed by atoms with Crippen LogP contribution in [-0.2, 0) is 16.0 Å². The summed E-state index contributed by atoms with van der Waals surface area (Å²) in [5.74, 6) is -0.309. The second-order valence-electron chi connectivity index (χ2n) is 4.72. The fourth-order valence-corrected chi connectivity index (χ4v) is 2.48. The van der Waals surface area contributed by atoms with Crippen LogP contribution in [0.5, 0.6) is 0 Å². The van der Waals surface area contributed by atoms with Crippen LogP contribution in [0.1, 0.15) is 17.0 Å². The normalized spacial score (nSPS) is 17.3. The molecule has 1 aliphatic carbocycles. The van der Waals surface area contributed by atoms with Crippen LogP contribution >= 0.6 is 0 Å². The number of benzene rings is 1. The molecule has 98 valence electrons. The topological polar surface area (TPSA) is 49.8 Å². The molecule has 1 aromatic rings. The minimum absolute atomic E-state index is 0.0853. The fourth-order valence-electron chi connectivity index (χ4n) is 2.48. The molecule has 4 heteroatoms. The minimum atomic E-state index is -0.779. The molecular formula is C14H19NO3. The van der Waals surface area contributed by atoms with Crippen molar-refractivity contribution in [1.29, 1.82) is 0 Å². The van der Waals surface area contributed by atoms with Gasteiger partial charge in [0.2, 0.25) is 0 Å². The lowest BCUT2D eigenvalue weighted by atomic mass is 9.77. The third-order valence-corrected chi connectivity index (χ3v) is 3.41. The van der Waals surface area contributed by atoms with Gasteiger partial charge in [-0.05, 0) is 17.5 Å². The van der Waals surface area contributed by atoms with E-state index in [9.17, 15) is 4.79 Å². The summed E-state index contributed by atoms with van der Waals surface area (Å²) < 4.78 is 5.02. The molecule has 1 N–H and O–H groups in total. The number of nitrogens with zero attached hydrogens (tertiary/aromatic N) is 1. The van der Waals surface area contributed by atoms with Gasteiger partial charge >= 0.3 is 5.97 Å². The minimum Gasteiger partial charge on any atom is -0.480 e. The molecule has 0 heterocycles. The highest BCUT2D eigenvalue weighted by Gasteiger charge is 2.27. The largest absolute Gasteiger partial charge is 0.480 e. The van der Waals surface area contributed by atoms with Crippen molar-refractivity contribution in [1.82, 2.24) is 4.90 Å².